The average Bonchev–Trinajstić information content (AvgIpc) is 2.47. The monoisotopic (exact) mass is 365 g/mol. The topological polar surface area (TPSA) is 66.4 Å². The third-order valence-electron chi connectivity index (χ3n) is 3.74. The number of hydrogen-bond donors (Lipinski definition) is 2. The number of nitrogens with one attached hydrogen (secondary N) is 1. The molecule has 0 spiro atoms. The van der Waals surface area contributed by atoms with E-state index in [1.165, 1.54) is 6.42 Å². The molecule has 1 aliphatic rings. The second kappa shape index (κ2) is 8.13. The lowest BCUT2D eigenvalue weighted by Gasteiger charge is -2.19. The standard InChI is InChI=1S/C17H20BrNO3/c18-14-8-4-7-13(10-14)15(11-17(21)22)19-16(20)9-12-5-2-1-3-6-12/h4-5,7-8,10,15H,1-3,6,9,11H2,(H,19,20)(H,21,22). The van der Waals surface area contributed by atoms with Gasteiger partial charge in [0.25, 0.3) is 0 Å². The summed E-state index contributed by atoms with van der Waals surface area (Å²) in [4.78, 5) is 23.3. The van der Waals surface area contributed by atoms with Gasteiger partial charge < -0.3 is 10.4 Å². The molecule has 1 aliphatic carbocycles. The Morgan fingerprint density at radius 1 is 1.32 bits per heavy atom. The van der Waals surface area contributed by atoms with Crippen LogP contribution in [-0.4, -0.2) is 17.0 Å². The van der Waals surface area contributed by atoms with Crippen LogP contribution in [0.1, 0.15) is 50.1 Å². The lowest BCUT2D eigenvalue weighted by Crippen LogP contribution is -2.30. The van der Waals surface area contributed by atoms with Gasteiger partial charge in [-0.05, 0) is 43.4 Å². The van der Waals surface area contributed by atoms with Crippen LogP contribution in [0.5, 0.6) is 0 Å². The Hall–Kier alpha value is -1.62. The van der Waals surface area contributed by atoms with Crippen molar-refractivity contribution >= 4 is 27.8 Å². The van der Waals surface area contributed by atoms with E-state index in [4.69, 9.17) is 5.11 Å². The number of benzene rings is 1. The van der Waals surface area contributed by atoms with E-state index in [2.05, 4.69) is 27.3 Å². The molecule has 0 fully saturated rings. The van der Waals surface area contributed by atoms with Gasteiger partial charge in [0.1, 0.15) is 0 Å². The molecule has 1 unspecified atom stereocenters. The Labute approximate surface area is 138 Å². The van der Waals surface area contributed by atoms with Gasteiger partial charge in [0, 0.05) is 10.9 Å². The molecule has 0 saturated heterocycles. The Bertz CT molecular complexity index is 583. The summed E-state index contributed by atoms with van der Waals surface area (Å²) >= 11 is 3.37. The smallest absolute Gasteiger partial charge is 0.305 e. The van der Waals surface area contributed by atoms with Crippen molar-refractivity contribution in [1.82, 2.24) is 5.32 Å². The second-order valence-electron chi connectivity index (χ2n) is 5.56. The Kier molecular flexibility index (Phi) is 6.19. The molecule has 0 heterocycles. The molecule has 0 aliphatic heterocycles. The SMILES string of the molecule is O=C(O)CC(NC(=O)CC1=CCCCC1)c1cccc(Br)c1. The molecular formula is C17H20BrNO3. The molecule has 0 bridgehead atoms. The summed E-state index contributed by atoms with van der Waals surface area (Å²) < 4.78 is 0.865. The predicted octanol–water partition coefficient (Wildman–Crippen LogP) is 3.97. The quantitative estimate of drug-likeness (QED) is 0.749. The molecule has 0 saturated carbocycles. The third kappa shape index (κ3) is 5.30. The van der Waals surface area contributed by atoms with E-state index < -0.39 is 12.0 Å². The second-order valence-corrected chi connectivity index (χ2v) is 6.47. The maximum atomic E-state index is 12.2. The Balaban J connectivity index is 2.04. The van der Waals surface area contributed by atoms with Gasteiger partial charge in [0.05, 0.1) is 12.5 Å². The minimum atomic E-state index is -0.929. The molecule has 0 aromatic heterocycles. The van der Waals surface area contributed by atoms with Crippen LogP contribution < -0.4 is 5.32 Å². The van der Waals surface area contributed by atoms with Gasteiger partial charge in [-0.3, -0.25) is 9.59 Å². The van der Waals surface area contributed by atoms with E-state index in [-0.39, 0.29) is 12.3 Å². The van der Waals surface area contributed by atoms with Crippen LogP contribution >= 0.6 is 15.9 Å². The molecule has 1 amide bonds. The normalized spacial score (nSPS) is 15.8. The van der Waals surface area contributed by atoms with Crippen molar-refractivity contribution in [2.45, 2.75) is 44.6 Å². The number of carbonyl (C=O) groups is 2. The fourth-order valence-electron chi connectivity index (χ4n) is 2.67. The highest BCUT2D eigenvalue weighted by atomic mass is 79.9. The van der Waals surface area contributed by atoms with Gasteiger partial charge in [0.2, 0.25) is 5.91 Å². The third-order valence-corrected chi connectivity index (χ3v) is 4.23. The minimum absolute atomic E-state index is 0.112. The molecular weight excluding hydrogens is 346 g/mol. The highest BCUT2D eigenvalue weighted by molar-refractivity contribution is 9.10. The van der Waals surface area contributed by atoms with Crippen molar-refractivity contribution in [2.75, 3.05) is 0 Å². The summed E-state index contributed by atoms with van der Waals surface area (Å²) in [6.07, 6.45) is 6.69. The van der Waals surface area contributed by atoms with Crippen LogP contribution in [0.15, 0.2) is 40.4 Å². The van der Waals surface area contributed by atoms with Crippen molar-refractivity contribution < 1.29 is 14.7 Å². The van der Waals surface area contributed by atoms with E-state index in [0.29, 0.717) is 6.42 Å². The van der Waals surface area contributed by atoms with Crippen molar-refractivity contribution in [3.8, 4) is 0 Å². The molecule has 22 heavy (non-hydrogen) atoms. The van der Waals surface area contributed by atoms with Crippen molar-refractivity contribution in [3.05, 3.63) is 46.0 Å². The van der Waals surface area contributed by atoms with Gasteiger partial charge in [-0.1, -0.05) is 39.7 Å². The Morgan fingerprint density at radius 2 is 2.14 bits per heavy atom. The average molecular weight is 366 g/mol. The molecule has 0 radical (unpaired) electrons. The van der Waals surface area contributed by atoms with Gasteiger partial charge in [-0.15, -0.1) is 0 Å². The van der Waals surface area contributed by atoms with Crippen LogP contribution in [0.4, 0.5) is 0 Å². The van der Waals surface area contributed by atoms with E-state index in [0.717, 1.165) is 34.9 Å². The number of hydrogen-bond acceptors (Lipinski definition) is 2. The van der Waals surface area contributed by atoms with E-state index in [1.54, 1.807) is 0 Å². The minimum Gasteiger partial charge on any atom is -0.481 e. The maximum Gasteiger partial charge on any atom is 0.305 e. The van der Waals surface area contributed by atoms with Crippen molar-refractivity contribution in [1.29, 1.82) is 0 Å². The molecule has 2 rings (SSSR count). The molecule has 5 heteroatoms. The molecule has 1 aromatic carbocycles. The summed E-state index contributed by atoms with van der Waals surface area (Å²) in [5.41, 5.74) is 1.95. The summed E-state index contributed by atoms with van der Waals surface area (Å²) in [6, 6.07) is 6.87. The van der Waals surface area contributed by atoms with E-state index >= 15 is 0 Å². The summed E-state index contributed by atoms with van der Waals surface area (Å²) in [7, 11) is 0. The molecule has 4 nitrogen and oxygen atoms in total. The van der Waals surface area contributed by atoms with Crippen LogP contribution in [-0.2, 0) is 9.59 Å². The summed E-state index contributed by atoms with van der Waals surface area (Å²) in [5, 5.41) is 11.9. The zero-order chi connectivity index (χ0) is 15.9. The first-order valence-corrected chi connectivity index (χ1v) is 8.28. The van der Waals surface area contributed by atoms with Crippen molar-refractivity contribution in [3.63, 3.8) is 0 Å². The summed E-state index contributed by atoms with van der Waals surface area (Å²) in [5.74, 6) is -1.04. The van der Waals surface area contributed by atoms with Crippen LogP contribution in [0.3, 0.4) is 0 Å². The van der Waals surface area contributed by atoms with Crippen molar-refractivity contribution in [2.24, 2.45) is 0 Å². The number of aliphatic carboxylic acids is 1. The van der Waals surface area contributed by atoms with Crippen LogP contribution in [0.25, 0.3) is 0 Å². The van der Waals surface area contributed by atoms with E-state index in [9.17, 15) is 9.59 Å². The van der Waals surface area contributed by atoms with Crippen LogP contribution in [0.2, 0.25) is 0 Å². The molecule has 118 valence electrons. The number of carboxylic acid groups (broad SMARTS) is 1. The zero-order valence-electron chi connectivity index (χ0n) is 12.3. The highest BCUT2D eigenvalue weighted by Crippen LogP contribution is 2.23. The number of rotatable bonds is 6. The number of carbonyl (C=O) groups excluding carboxylic acids is 1. The first kappa shape index (κ1) is 16.7. The molecule has 1 aromatic rings. The Morgan fingerprint density at radius 3 is 2.77 bits per heavy atom. The van der Waals surface area contributed by atoms with Gasteiger partial charge >= 0.3 is 5.97 Å². The first-order chi connectivity index (χ1) is 10.5. The maximum absolute atomic E-state index is 12.2. The predicted molar refractivity (Wildman–Crippen MR) is 88.4 cm³/mol. The highest BCUT2D eigenvalue weighted by Gasteiger charge is 2.19. The number of allylic oxidation sites excluding steroid dienone is 1. The largest absolute Gasteiger partial charge is 0.481 e. The van der Waals surface area contributed by atoms with Crippen LogP contribution in [0, 0.1) is 0 Å². The first-order valence-electron chi connectivity index (χ1n) is 7.49. The lowest BCUT2D eigenvalue weighted by molar-refractivity contribution is -0.137. The fourth-order valence-corrected chi connectivity index (χ4v) is 3.08. The summed E-state index contributed by atoms with van der Waals surface area (Å²) in [6.45, 7) is 0. The molecule has 1 atom stereocenters. The van der Waals surface area contributed by atoms with Gasteiger partial charge in [-0.2, -0.15) is 0 Å². The lowest BCUT2D eigenvalue weighted by atomic mass is 9.96. The van der Waals surface area contributed by atoms with Gasteiger partial charge in [0.15, 0.2) is 0 Å². The van der Waals surface area contributed by atoms with E-state index in [1.807, 2.05) is 24.3 Å². The number of halogens is 1. The number of amides is 1. The van der Waals surface area contributed by atoms with Gasteiger partial charge in [-0.25, -0.2) is 0 Å². The number of carboxylic acids is 1. The molecule has 2 N–H and O–H groups in total. The fraction of sp³-hybridized carbons (Fsp3) is 0.412. The zero-order valence-corrected chi connectivity index (χ0v) is 13.9.